The average molecular weight is 356 g/mol. The third-order valence-electron chi connectivity index (χ3n) is 2.25. The molecule has 0 saturated carbocycles. The van der Waals surface area contributed by atoms with E-state index in [0.717, 1.165) is 0 Å². The highest BCUT2D eigenvalue weighted by Gasteiger charge is 2.18. The molecule has 130 valence electrons. The van der Waals surface area contributed by atoms with E-state index in [2.05, 4.69) is 6.58 Å². The molecule has 0 spiro atoms. The summed E-state index contributed by atoms with van der Waals surface area (Å²) in [5.41, 5.74) is 4.94. The molecule has 0 aliphatic carbocycles. The van der Waals surface area contributed by atoms with Gasteiger partial charge in [-0.25, -0.2) is 4.79 Å². The molecular formula is C12H25N2O6PS. The molecule has 2 atom stereocenters. The van der Waals surface area contributed by atoms with Crippen LogP contribution in [0.25, 0.3) is 0 Å². The lowest BCUT2D eigenvalue weighted by Gasteiger charge is -2.28. The van der Waals surface area contributed by atoms with Crippen LogP contribution in [0.3, 0.4) is 0 Å². The normalized spacial score (nSPS) is 15.8. The number of amides is 1. The van der Waals surface area contributed by atoms with Gasteiger partial charge >= 0.3 is 6.09 Å². The van der Waals surface area contributed by atoms with E-state index in [4.69, 9.17) is 19.5 Å². The van der Waals surface area contributed by atoms with Gasteiger partial charge in [0, 0.05) is 11.5 Å². The molecule has 0 aliphatic heterocycles. The number of nitrogens with zero attached hydrogens (tertiary/aromatic N) is 1. The lowest BCUT2D eigenvalue weighted by atomic mass is 10.4. The Morgan fingerprint density at radius 3 is 2.59 bits per heavy atom. The monoisotopic (exact) mass is 356 g/mol. The van der Waals surface area contributed by atoms with Crippen LogP contribution in [0.1, 0.15) is 0 Å². The minimum atomic E-state index is -4.44. The average Bonchev–Trinajstić information content (AvgIpc) is 2.33. The molecule has 2 N–H and O–H groups in total. The zero-order valence-electron chi connectivity index (χ0n) is 13.2. The molecule has 0 radical (unpaired) electrons. The molecule has 22 heavy (non-hydrogen) atoms. The van der Waals surface area contributed by atoms with Crippen LogP contribution >= 0.6 is 19.6 Å². The van der Waals surface area contributed by atoms with Crippen molar-refractivity contribution in [3.63, 3.8) is 0 Å². The highest BCUT2D eigenvalue weighted by Crippen LogP contribution is 2.38. The Morgan fingerprint density at radius 1 is 1.45 bits per heavy atom. The van der Waals surface area contributed by atoms with Crippen LogP contribution in [0.4, 0.5) is 4.79 Å². The van der Waals surface area contributed by atoms with Gasteiger partial charge < -0.3 is 28.9 Å². The molecule has 0 saturated heterocycles. The summed E-state index contributed by atoms with van der Waals surface area (Å²) >= 11 is 1.41. The Labute approximate surface area is 135 Å². The second-order valence-electron chi connectivity index (χ2n) is 5.48. The van der Waals surface area contributed by atoms with Crippen molar-refractivity contribution in [3.05, 3.63) is 12.7 Å². The molecule has 8 nitrogen and oxygen atoms in total. The summed E-state index contributed by atoms with van der Waals surface area (Å²) < 4.78 is 26.5. The number of phosphoric ester groups is 1. The SMILES string of the molecule is C=CCSCC(COP(=O)([O-])OCC[N+](C)(C)C)OC(N)=O. The van der Waals surface area contributed by atoms with Gasteiger partial charge in [-0.15, -0.1) is 6.58 Å². The molecule has 10 heteroatoms. The first-order chi connectivity index (χ1) is 10.1. The maximum atomic E-state index is 11.6. The topological polar surface area (TPSA) is 111 Å². The van der Waals surface area contributed by atoms with Gasteiger partial charge in [-0.1, -0.05) is 6.08 Å². The summed E-state index contributed by atoms with van der Waals surface area (Å²) in [7, 11) is 1.29. The Morgan fingerprint density at radius 2 is 2.09 bits per heavy atom. The quantitative estimate of drug-likeness (QED) is 0.236. The van der Waals surface area contributed by atoms with Gasteiger partial charge in [0.05, 0.1) is 27.7 Å². The van der Waals surface area contributed by atoms with Crippen LogP contribution in [0.2, 0.25) is 0 Å². The molecule has 0 fully saturated rings. The molecule has 2 unspecified atom stereocenters. The number of hydrogen-bond donors (Lipinski definition) is 1. The maximum Gasteiger partial charge on any atom is 0.404 e. The molecule has 0 aliphatic rings. The van der Waals surface area contributed by atoms with E-state index >= 15 is 0 Å². The van der Waals surface area contributed by atoms with Gasteiger partial charge in [0.25, 0.3) is 7.82 Å². The number of carbonyl (C=O) groups is 1. The third kappa shape index (κ3) is 13.1. The Bertz CT molecular complexity index is 402. The minimum Gasteiger partial charge on any atom is -0.756 e. The van der Waals surface area contributed by atoms with Crippen LogP contribution in [-0.4, -0.2) is 69.1 Å². The predicted molar refractivity (Wildman–Crippen MR) is 84.4 cm³/mol. The van der Waals surface area contributed by atoms with Gasteiger partial charge in [0.2, 0.25) is 0 Å². The number of thioether (sulfide) groups is 1. The number of hydrogen-bond acceptors (Lipinski definition) is 7. The van der Waals surface area contributed by atoms with Gasteiger partial charge in [0.1, 0.15) is 19.3 Å². The Balaban J connectivity index is 4.26. The number of primary amides is 1. The van der Waals surface area contributed by atoms with Crippen LogP contribution in [0.15, 0.2) is 12.7 Å². The van der Waals surface area contributed by atoms with E-state index in [0.29, 0.717) is 22.5 Å². The van der Waals surface area contributed by atoms with E-state index in [1.54, 1.807) is 6.08 Å². The van der Waals surface area contributed by atoms with Crippen molar-refractivity contribution in [2.24, 2.45) is 5.73 Å². The number of nitrogens with two attached hydrogens (primary N) is 1. The van der Waals surface area contributed by atoms with Crippen LogP contribution in [0.5, 0.6) is 0 Å². The largest absolute Gasteiger partial charge is 0.756 e. The van der Waals surface area contributed by atoms with Crippen molar-refractivity contribution in [1.82, 2.24) is 0 Å². The Hall–Kier alpha value is -0.570. The lowest BCUT2D eigenvalue weighted by molar-refractivity contribution is -0.870. The predicted octanol–water partition coefficient (Wildman–Crippen LogP) is 0.577. The van der Waals surface area contributed by atoms with Gasteiger partial charge in [0.15, 0.2) is 0 Å². The van der Waals surface area contributed by atoms with Gasteiger partial charge in [-0.2, -0.15) is 11.8 Å². The first kappa shape index (κ1) is 21.4. The van der Waals surface area contributed by atoms with Crippen molar-refractivity contribution < 1.29 is 32.5 Å². The Kier molecular flexibility index (Phi) is 9.99. The number of carbonyl (C=O) groups excluding carboxylic acids is 1. The van der Waals surface area contributed by atoms with Crippen molar-refractivity contribution in [1.29, 1.82) is 0 Å². The van der Waals surface area contributed by atoms with Gasteiger partial charge in [-0.3, -0.25) is 4.57 Å². The summed E-state index contributed by atoms with van der Waals surface area (Å²) in [5.74, 6) is 0.974. The fourth-order valence-corrected chi connectivity index (χ4v) is 2.66. The third-order valence-corrected chi connectivity index (χ3v) is 4.30. The molecule has 0 bridgehead atoms. The lowest BCUT2D eigenvalue weighted by Crippen LogP contribution is -2.37. The number of quaternary nitrogens is 1. The molecule has 0 aromatic heterocycles. The molecule has 1 amide bonds. The van der Waals surface area contributed by atoms with E-state index < -0.39 is 20.0 Å². The second kappa shape index (κ2) is 10.3. The second-order valence-corrected chi connectivity index (χ2v) is 7.96. The van der Waals surface area contributed by atoms with Crippen molar-refractivity contribution in [3.8, 4) is 0 Å². The number of ether oxygens (including phenoxy) is 1. The molecule has 0 rings (SSSR count). The number of rotatable bonds is 12. The molecule has 0 aromatic carbocycles. The molecule has 0 aromatic rings. The summed E-state index contributed by atoms with van der Waals surface area (Å²) in [4.78, 5) is 22.4. The molecular weight excluding hydrogens is 331 g/mol. The van der Waals surface area contributed by atoms with E-state index in [1.807, 2.05) is 21.1 Å². The standard InChI is InChI=1S/C12H25N2O6PS/c1-5-8-22-10-11(20-12(13)15)9-19-21(16,17)18-7-6-14(2,3)4/h5,11H,1,6-10H2,2-4H3,(H2-,13,15,16,17). The number of phosphoric acid groups is 1. The van der Waals surface area contributed by atoms with E-state index in [-0.39, 0.29) is 13.2 Å². The van der Waals surface area contributed by atoms with Crippen LogP contribution in [-0.2, 0) is 18.3 Å². The van der Waals surface area contributed by atoms with Crippen molar-refractivity contribution in [2.75, 3.05) is 52.4 Å². The maximum absolute atomic E-state index is 11.6. The van der Waals surface area contributed by atoms with Gasteiger partial charge in [-0.05, 0) is 0 Å². The fourth-order valence-electron chi connectivity index (χ4n) is 1.20. The summed E-state index contributed by atoms with van der Waals surface area (Å²) in [6.45, 7) is 3.74. The number of likely N-dealkylation sites (N-methyl/N-ethyl adjacent to an activating group) is 1. The first-order valence-corrected chi connectivity index (χ1v) is 9.22. The zero-order valence-corrected chi connectivity index (χ0v) is 14.9. The smallest absolute Gasteiger partial charge is 0.404 e. The summed E-state index contributed by atoms with van der Waals surface area (Å²) in [6, 6.07) is 0. The first-order valence-electron chi connectivity index (χ1n) is 6.61. The van der Waals surface area contributed by atoms with Crippen LogP contribution < -0.4 is 10.6 Å². The zero-order chi connectivity index (χ0) is 17.2. The van der Waals surface area contributed by atoms with E-state index in [9.17, 15) is 14.3 Å². The summed E-state index contributed by atoms with van der Waals surface area (Å²) in [5, 5.41) is 0. The van der Waals surface area contributed by atoms with Crippen molar-refractivity contribution >= 4 is 25.7 Å². The highest BCUT2D eigenvalue weighted by molar-refractivity contribution is 7.99. The minimum absolute atomic E-state index is 0.0107. The van der Waals surface area contributed by atoms with E-state index in [1.165, 1.54) is 11.8 Å². The highest BCUT2D eigenvalue weighted by atomic mass is 32.2. The van der Waals surface area contributed by atoms with Crippen LogP contribution in [0, 0.1) is 0 Å². The van der Waals surface area contributed by atoms with Crippen molar-refractivity contribution in [2.45, 2.75) is 6.10 Å². The fraction of sp³-hybridized carbons (Fsp3) is 0.750. The summed E-state index contributed by atoms with van der Waals surface area (Å²) in [6.07, 6.45) is -0.0784. The molecule has 0 heterocycles.